The van der Waals surface area contributed by atoms with E-state index in [1.165, 1.54) is 11.3 Å². The number of hydrogen-bond donors (Lipinski definition) is 1. The largest absolute Gasteiger partial charge is 0.478 e. The quantitative estimate of drug-likeness (QED) is 0.855. The Morgan fingerprint density at radius 1 is 1.56 bits per heavy atom. The number of esters is 1. The molecule has 1 heterocycles. The molecule has 0 radical (unpaired) electrons. The maximum absolute atomic E-state index is 11.9. The molecule has 1 aliphatic rings. The van der Waals surface area contributed by atoms with E-state index >= 15 is 0 Å². The monoisotopic (exact) mass is 268 g/mol. The van der Waals surface area contributed by atoms with Crippen LogP contribution in [0, 0.1) is 5.41 Å². The van der Waals surface area contributed by atoms with Gasteiger partial charge >= 0.3 is 11.9 Å². The first kappa shape index (κ1) is 13.1. The zero-order valence-electron chi connectivity index (χ0n) is 10.5. The predicted octanol–water partition coefficient (Wildman–Crippen LogP) is 2.50. The fraction of sp³-hybridized carbons (Fsp3) is 0.538. The van der Waals surface area contributed by atoms with Crippen molar-refractivity contribution in [3.05, 3.63) is 21.4 Å². The van der Waals surface area contributed by atoms with Crippen molar-refractivity contribution in [2.45, 2.75) is 33.1 Å². The minimum absolute atomic E-state index is 0.180. The SMILES string of the molecule is CCOC(=O)C1(C)CCc2c(C(=O)O)csc2C1. The Morgan fingerprint density at radius 2 is 2.28 bits per heavy atom. The topological polar surface area (TPSA) is 63.6 Å². The standard InChI is InChI=1S/C13H16O4S/c1-3-17-12(16)13(2)5-4-8-9(11(14)15)7-18-10(8)6-13/h7H,3-6H2,1-2H3,(H,14,15). The van der Waals surface area contributed by atoms with E-state index in [2.05, 4.69) is 0 Å². The van der Waals surface area contributed by atoms with Gasteiger partial charge in [-0.05, 0) is 38.7 Å². The van der Waals surface area contributed by atoms with Gasteiger partial charge in [0.1, 0.15) is 0 Å². The van der Waals surface area contributed by atoms with Gasteiger partial charge in [-0.15, -0.1) is 11.3 Å². The van der Waals surface area contributed by atoms with Gasteiger partial charge in [0.2, 0.25) is 0 Å². The average molecular weight is 268 g/mol. The average Bonchev–Trinajstić information content (AvgIpc) is 2.72. The summed E-state index contributed by atoms with van der Waals surface area (Å²) in [6, 6.07) is 0. The van der Waals surface area contributed by atoms with Gasteiger partial charge in [-0.1, -0.05) is 0 Å². The van der Waals surface area contributed by atoms with Crippen molar-refractivity contribution in [3.8, 4) is 0 Å². The molecule has 1 unspecified atom stereocenters. The molecule has 18 heavy (non-hydrogen) atoms. The third kappa shape index (κ3) is 2.14. The lowest BCUT2D eigenvalue weighted by Crippen LogP contribution is -2.35. The van der Waals surface area contributed by atoms with Gasteiger partial charge in [-0.25, -0.2) is 4.79 Å². The lowest BCUT2D eigenvalue weighted by Gasteiger charge is -2.31. The van der Waals surface area contributed by atoms with Gasteiger partial charge in [0.25, 0.3) is 0 Å². The van der Waals surface area contributed by atoms with Crippen LogP contribution in [-0.2, 0) is 22.4 Å². The van der Waals surface area contributed by atoms with Gasteiger partial charge in [-0.3, -0.25) is 4.79 Å². The zero-order valence-corrected chi connectivity index (χ0v) is 11.3. The van der Waals surface area contributed by atoms with Crippen LogP contribution in [-0.4, -0.2) is 23.7 Å². The van der Waals surface area contributed by atoms with Gasteiger partial charge in [0.05, 0.1) is 17.6 Å². The van der Waals surface area contributed by atoms with Crippen molar-refractivity contribution in [1.82, 2.24) is 0 Å². The Hall–Kier alpha value is -1.36. The Labute approximate surface area is 110 Å². The van der Waals surface area contributed by atoms with Crippen molar-refractivity contribution >= 4 is 23.3 Å². The number of carbonyl (C=O) groups is 2. The highest BCUT2D eigenvalue weighted by atomic mass is 32.1. The number of carboxylic acids is 1. The van der Waals surface area contributed by atoms with E-state index in [1.54, 1.807) is 12.3 Å². The fourth-order valence-corrected chi connectivity index (χ4v) is 3.61. The third-order valence-electron chi connectivity index (χ3n) is 3.46. The van der Waals surface area contributed by atoms with Gasteiger partial charge < -0.3 is 9.84 Å². The highest BCUT2D eigenvalue weighted by molar-refractivity contribution is 7.10. The summed E-state index contributed by atoms with van der Waals surface area (Å²) in [4.78, 5) is 24.0. The highest BCUT2D eigenvalue weighted by Gasteiger charge is 2.40. The molecule has 1 aliphatic carbocycles. The van der Waals surface area contributed by atoms with E-state index in [0.29, 0.717) is 31.4 Å². The molecule has 0 saturated heterocycles. The molecule has 0 amide bonds. The Kier molecular flexibility index (Phi) is 3.43. The molecule has 5 heteroatoms. The van der Waals surface area contributed by atoms with E-state index in [9.17, 15) is 9.59 Å². The van der Waals surface area contributed by atoms with Crippen molar-refractivity contribution in [3.63, 3.8) is 0 Å². The van der Waals surface area contributed by atoms with Gasteiger partial charge in [-0.2, -0.15) is 0 Å². The first-order chi connectivity index (χ1) is 8.48. The maximum Gasteiger partial charge on any atom is 0.336 e. The smallest absolute Gasteiger partial charge is 0.336 e. The van der Waals surface area contributed by atoms with Crippen LogP contribution in [0.2, 0.25) is 0 Å². The number of ether oxygens (including phenoxy) is 1. The van der Waals surface area contributed by atoms with Crippen molar-refractivity contribution < 1.29 is 19.4 Å². The Balaban J connectivity index is 2.25. The molecular weight excluding hydrogens is 252 g/mol. The van der Waals surface area contributed by atoms with E-state index < -0.39 is 11.4 Å². The summed E-state index contributed by atoms with van der Waals surface area (Å²) in [5.41, 5.74) is 0.777. The van der Waals surface area contributed by atoms with E-state index in [1.807, 2.05) is 6.92 Å². The second-order valence-electron chi connectivity index (χ2n) is 4.81. The summed E-state index contributed by atoms with van der Waals surface area (Å²) in [5.74, 6) is -1.06. The Bertz CT molecular complexity index is 491. The van der Waals surface area contributed by atoms with Gasteiger partial charge in [0.15, 0.2) is 0 Å². The highest BCUT2D eigenvalue weighted by Crippen LogP contribution is 2.40. The summed E-state index contributed by atoms with van der Waals surface area (Å²) >= 11 is 1.43. The molecule has 1 N–H and O–H groups in total. The van der Waals surface area contributed by atoms with Crippen LogP contribution in [0.25, 0.3) is 0 Å². The van der Waals surface area contributed by atoms with Crippen LogP contribution in [0.4, 0.5) is 0 Å². The minimum Gasteiger partial charge on any atom is -0.478 e. The summed E-state index contributed by atoms with van der Waals surface area (Å²) in [6.45, 7) is 4.07. The molecule has 2 rings (SSSR count). The van der Waals surface area contributed by atoms with Crippen LogP contribution < -0.4 is 0 Å². The molecule has 0 aromatic carbocycles. The van der Waals surface area contributed by atoms with Crippen molar-refractivity contribution in [2.24, 2.45) is 5.41 Å². The summed E-state index contributed by atoms with van der Waals surface area (Å²) < 4.78 is 5.10. The van der Waals surface area contributed by atoms with E-state index in [4.69, 9.17) is 9.84 Å². The van der Waals surface area contributed by atoms with Crippen LogP contribution in [0.3, 0.4) is 0 Å². The number of hydrogen-bond acceptors (Lipinski definition) is 4. The number of carbonyl (C=O) groups excluding carboxylic acids is 1. The van der Waals surface area contributed by atoms with Crippen LogP contribution in [0.15, 0.2) is 5.38 Å². The predicted molar refractivity (Wildman–Crippen MR) is 68.0 cm³/mol. The van der Waals surface area contributed by atoms with E-state index in [0.717, 1.165) is 10.4 Å². The first-order valence-corrected chi connectivity index (χ1v) is 6.85. The summed E-state index contributed by atoms with van der Waals surface area (Å²) in [6.07, 6.45) is 1.87. The first-order valence-electron chi connectivity index (χ1n) is 5.97. The van der Waals surface area contributed by atoms with Crippen molar-refractivity contribution in [2.75, 3.05) is 6.61 Å². The molecule has 0 saturated carbocycles. The normalized spacial score (nSPS) is 22.3. The third-order valence-corrected chi connectivity index (χ3v) is 4.49. The number of thiophene rings is 1. The fourth-order valence-electron chi connectivity index (χ4n) is 2.35. The molecular formula is C13H16O4S. The molecule has 98 valence electrons. The molecule has 1 aromatic heterocycles. The lowest BCUT2D eigenvalue weighted by molar-refractivity contribution is -0.155. The molecule has 1 aromatic rings. The second-order valence-corrected chi connectivity index (χ2v) is 5.78. The molecule has 0 bridgehead atoms. The molecule has 1 atom stereocenters. The Morgan fingerprint density at radius 3 is 2.89 bits per heavy atom. The molecule has 0 fully saturated rings. The maximum atomic E-state index is 11.9. The second kappa shape index (κ2) is 4.72. The molecule has 0 aliphatic heterocycles. The number of carboxylic acid groups (broad SMARTS) is 1. The van der Waals surface area contributed by atoms with Gasteiger partial charge in [0, 0.05) is 10.3 Å². The van der Waals surface area contributed by atoms with Crippen LogP contribution in [0.5, 0.6) is 0 Å². The zero-order chi connectivity index (χ0) is 13.3. The van der Waals surface area contributed by atoms with Crippen LogP contribution >= 0.6 is 11.3 Å². The summed E-state index contributed by atoms with van der Waals surface area (Å²) in [5, 5.41) is 10.7. The lowest BCUT2D eigenvalue weighted by atomic mass is 9.75. The molecule has 4 nitrogen and oxygen atoms in total. The molecule has 0 spiro atoms. The number of fused-ring (bicyclic) bond motifs is 1. The van der Waals surface area contributed by atoms with Crippen molar-refractivity contribution in [1.29, 1.82) is 0 Å². The number of rotatable bonds is 3. The minimum atomic E-state index is -0.882. The summed E-state index contributed by atoms with van der Waals surface area (Å²) in [7, 11) is 0. The van der Waals surface area contributed by atoms with E-state index in [-0.39, 0.29) is 5.97 Å². The van der Waals surface area contributed by atoms with Crippen LogP contribution in [0.1, 0.15) is 41.1 Å². The number of aromatic carboxylic acids is 1.